The Balaban J connectivity index is 1.52. The minimum atomic E-state index is -0.716. The van der Waals surface area contributed by atoms with Crippen LogP contribution >= 0.6 is 11.6 Å². The van der Waals surface area contributed by atoms with Gasteiger partial charge in [-0.15, -0.1) is 0 Å². The number of hydrogen-bond donors (Lipinski definition) is 2. The Hall–Kier alpha value is -3.20. The van der Waals surface area contributed by atoms with E-state index in [1.165, 1.54) is 36.2 Å². The molecular formula is C23H22ClF2N3O4. The van der Waals surface area contributed by atoms with Gasteiger partial charge in [0.1, 0.15) is 11.6 Å². The van der Waals surface area contributed by atoms with Crippen LogP contribution in [-0.4, -0.2) is 36.1 Å². The zero-order valence-corrected chi connectivity index (χ0v) is 18.5. The van der Waals surface area contributed by atoms with Gasteiger partial charge in [0.05, 0.1) is 11.1 Å². The van der Waals surface area contributed by atoms with Crippen LogP contribution in [0.5, 0.6) is 0 Å². The molecule has 1 heterocycles. The van der Waals surface area contributed by atoms with Crippen molar-refractivity contribution in [3.63, 3.8) is 0 Å². The Kier molecular flexibility index (Phi) is 6.51. The van der Waals surface area contributed by atoms with Crippen LogP contribution in [0.3, 0.4) is 0 Å². The van der Waals surface area contributed by atoms with Crippen LogP contribution < -0.4 is 10.6 Å². The van der Waals surface area contributed by atoms with Crippen LogP contribution in [0.4, 0.5) is 19.3 Å². The largest absolute Gasteiger partial charge is 0.425 e. The van der Waals surface area contributed by atoms with Crippen molar-refractivity contribution >= 4 is 35.2 Å². The fourth-order valence-corrected chi connectivity index (χ4v) is 4.44. The first-order chi connectivity index (χ1) is 15.7. The van der Waals surface area contributed by atoms with Gasteiger partial charge in [-0.3, -0.25) is 9.59 Å². The van der Waals surface area contributed by atoms with E-state index in [2.05, 4.69) is 10.6 Å². The molecule has 174 valence electrons. The lowest BCUT2D eigenvalue weighted by Gasteiger charge is -2.29. The maximum absolute atomic E-state index is 14.8. The quantitative estimate of drug-likeness (QED) is 0.676. The first kappa shape index (κ1) is 23.0. The number of hydrogen-bond acceptors (Lipinski definition) is 4. The van der Waals surface area contributed by atoms with Crippen LogP contribution in [0.15, 0.2) is 30.3 Å². The Morgan fingerprint density at radius 1 is 1.15 bits per heavy atom. The predicted octanol–water partition coefficient (Wildman–Crippen LogP) is 4.55. The van der Waals surface area contributed by atoms with Crippen molar-refractivity contribution in [3.05, 3.63) is 63.7 Å². The fourth-order valence-electron chi connectivity index (χ4n) is 4.26. The molecule has 0 bridgehead atoms. The fraction of sp³-hybridized carbons (Fsp3) is 0.348. The third kappa shape index (κ3) is 4.78. The van der Waals surface area contributed by atoms with Gasteiger partial charge in [0.15, 0.2) is 6.23 Å². The van der Waals surface area contributed by atoms with E-state index < -0.39 is 35.9 Å². The number of halogens is 3. The Morgan fingerprint density at radius 2 is 1.91 bits per heavy atom. The Morgan fingerprint density at radius 3 is 2.64 bits per heavy atom. The molecule has 33 heavy (non-hydrogen) atoms. The highest BCUT2D eigenvalue weighted by molar-refractivity contribution is 6.31. The summed E-state index contributed by atoms with van der Waals surface area (Å²) in [7, 11) is 1.50. The summed E-state index contributed by atoms with van der Waals surface area (Å²) in [6.07, 6.45) is 0.899. The Bertz CT molecular complexity index is 1130. The number of amides is 3. The van der Waals surface area contributed by atoms with Gasteiger partial charge in [-0.05, 0) is 55.2 Å². The minimum absolute atomic E-state index is 0.133. The molecule has 3 amide bonds. The minimum Gasteiger partial charge on any atom is -0.425 e. The van der Waals surface area contributed by atoms with Crippen LogP contribution in [0.2, 0.25) is 5.02 Å². The van der Waals surface area contributed by atoms with Crippen molar-refractivity contribution in [2.45, 2.75) is 44.4 Å². The van der Waals surface area contributed by atoms with Crippen molar-refractivity contribution in [2.24, 2.45) is 0 Å². The molecule has 2 aromatic carbocycles. The lowest BCUT2D eigenvalue weighted by molar-refractivity contribution is -0.126. The number of fused-ring (bicyclic) bond motifs is 1. The van der Waals surface area contributed by atoms with Crippen LogP contribution in [-0.2, 0) is 16.0 Å². The van der Waals surface area contributed by atoms with Crippen LogP contribution in [0, 0.1) is 11.6 Å². The number of nitrogens with one attached hydrogen (secondary N) is 2. The van der Waals surface area contributed by atoms with Crippen molar-refractivity contribution in [1.29, 1.82) is 0 Å². The number of carbonyl (C=O) groups is 3. The summed E-state index contributed by atoms with van der Waals surface area (Å²) in [5, 5.41) is 5.12. The second-order valence-electron chi connectivity index (χ2n) is 8.07. The number of carbonyl (C=O) groups excluding carboxylic acids is 3. The van der Waals surface area contributed by atoms with Crippen molar-refractivity contribution < 1.29 is 27.9 Å². The number of ether oxygens (including phenoxy) is 1. The van der Waals surface area contributed by atoms with Gasteiger partial charge in [-0.2, -0.15) is 0 Å². The number of nitrogens with zero attached hydrogens (tertiary/aromatic N) is 1. The summed E-state index contributed by atoms with van der Waals surface area (Å²) in [5.41, 5.74) is 1.31. The third-order valence-electron chi connectivity index (χ3n) is 5.92. The normalized spacial score (nSPS) is 19.5. The van der Waals surface area contributed by atoms with Crippen molar-refractivity contribution in [2.75, 3.05) is 12.4 Å². The van der Waals surface area contributed by atoms with Crippen LogP contribution in [0.25, 0.3) is 0 Å². The van der Waals surface area contributed by atoms with Crippen LogP contribution in [0.1, 0.15) is 53.2 Å². The van der Waals surface area contributed by atoms with E-state index in [9.17, 15) is 23.2 Å². The summed E-state index contributed by atoms with van der Waals surface area (Å²) in [6, 6.07) is 5.74. The molecule has 2 atom stereocenters. The van der Waals surface area contributed by atoms with Gasteiger partial charge in [0.2, 0.25) is 5.91 Å². The molecule has 1 aliphatic carbocycles. The lowest BCUT2D eigenvalue weighted by Crippen LogP contribution is -2.44. The van der Waals surface area contributed by atoms with Crippen molar-refractivity contribution in [1.82, 2.24) is 10.2 Å². The SMILES string of the molecule is CN(C(=O)O[C@H]1CCCC(=O)N1)[C@H]1CCc2c(C(=O)Nc3ccc(F)c(Cl)c3)ccc(F)c21. The number of rotatable bonds is 4. The molecule has 4 rings (SSSR count). The van der Waals surface area contributed by atoms with Crippen molar-refractivity contribution in [3.8, 4) is 0 Å². The molecular weight excluding hydrogens is 456 g/mol. The zero-order chi connectivity index (χ0) is 23.7. The number of anilines is 1. The summed E-state index contributed by atoms with van der Waals surface area (Å²) < 4.78 is 33.6. The van der Waals surface area contributed by atoms with E-state index >= 15 is 0 Å². The van der Waals surface area contributed by atoms with Gasteiger partial charge in [0.25, 0.3) is 5.91 Å². The highest BCUT2D eigenvalue weighted by Crippen LogP contribution is 2.39. The smallest absolute Gasteiger partial charge is 0.411 e. The molecule has 0 saturated carbocycles. The van der Waals surface area contributed by atoms with Gasteiger partial charge in [-0.1, -0.05) is 11.6 Å². The van der Waals surface area contributed by atoms with E-state index in [1.54, 1.807) is 0 Å². The van der Waals surface area contributed by atoms with E-state index in [1.807, 2.05) is 0 Å². The monoisotopic (exact) mass is 477 g/mol. The highest BCUT2D eigenvalue weighted by atomic mass is 35.5. The highest BCUT2D eigenvalue weighted by Gasteiger charge is 2.36. The molecule has 2 N–H and O–H groups in total. The molecule has 2 aliphatic rings. The van der Waals surface area contributed by atoms with E-state index in [4.69, 9.17) is 16.3 Å². The average molecular weight is 478 g/mol. The molecule has 2 aromatic rings. The molecule has 1 fully saturated rings. The molecule has 1 aliphatic heterocycles. The topological polar surface area (TPSA) is 87.7 Å². The maximum atomic E-state index is 14.8. The zero-order valence-electron chi connectivity index (χ0n) is 17.8. The number of benzene rings is 2. The second kappa shape index (κ2) is 9.35. The van der Waals surface area contributed by atoms with Gasteiger partial charge >= 0.3 is 6.09 Å². The first-order valence-corrected chi connectivity index (χ1v) is 10.9. The first-order valence-electron chi connectivity index (χ1n) is 10.5. The summed E-state index contributed by atoms with van der Waals surface area (Å²) in [4.78, 5) is 38.3. The Labute approximate surface area is 194 Å². The van der Waals surface area contributed by atoms with Gasteiger partial charge in [0, 0.05) is 36.7 Å². The summed E-state index contributed by atoms with van der Waals surface area (Å²) in [5.74, 6) is -1.82. The average Bonchev–Trinajstić information content (AvgIpc) is 3.22. The molecule has 0 aromatic heterocycles. The van der Waals surface area contributed by atoms with Gasteiger partial charge in [-0.25, -0.2) is 13.6 Å². The lowest BCUT2D eigenvalue weighted by atomic mass is 10.0. The predicted molar refractivity (Wildman–Crippen MR) is 117 cm³/mol. The van der Waals surface area contributed by atoms with Gasteiger partial charge < -0.3 is 20.3 Å². The molecule has 0 radical (unpaired) electrons. The van der Waals surface area contributed by atoms with E-state index in [-0.39, 0.29) is 22.1 Å². The molecule has 0 spiro atoms. The van der Waals surface area contributed by atoms with E-state index in [0.29, 0.717) is 43.4 Å². The number of piperidine rings is 1. The molecule has 1 saturated heterocycles. The van der Waals surface area contributed by atoms with E-state index in [0.717, 1.165) is 6.07 Å². The molecule has 10 heteroatoms. The maximum Gasteiger partial charge on any atom is 0.411 e. The standard InChI is InChI=1S/C23H22ClF2N3O4/c1-29(23(32)33-20-4-2-3-19(30)28-20)18-10-7-13-14(6-9-17(26)21(13)18)22(31)27-12-5-8-16(25)15(24)11-12/h5-6,8-9,11,18,20H,2-4,7,10H2,1H3,(H,27,31)(H,28,30)/t18-,20-/m0/s1. The molecule has 0 unspecified atom stereocenters. The third-order valence-corrected chi connectivity index (χ3v) is 6.21. The summed E-state index contributed by atoms with van der Waals surface area (Å²) in [6.45, 7) is 0. The summed E-state index contributed by atoms with van der Waals surface area (Å²) >= 11 is 5.77. The second-order valence-corrected chi connectivity index (χ2v) is 8.47. The molecule has 7 nitrogen and oxygen atoms in total.